The van der Waals surface area contributed by atoms with Crippen LogP contribution in [0.25, 0.3) is 0 Å². The molecule has 3 heterocycles. The Morgan fingerprint density at radius 1 is 1.17 bits per heavy atom. The van der Waals surface area contributed by atoms with Crippen molar-refractivity contribution in [2.45, 2.75) is 33.4 Å². The highest BCUT2D eigenvalue weighted by Crippen LogP contribution is 2.16. The van der Waals surface area contributed by atoms with Crippen molar-refractivity contribution in [2.75, 3.05) is 13.1 Å². The van der Waals surface area contributed by atoms with Crippen LogP contribution in [0.4, 0.5) is 0 Å². The standard InChI is InChI=1S/C22H26N6O2/c1-15-18(16(2)26(3)25-15)9-10-23-21(29)19-14-27-11-12-28(22(30)20(27)24-19)13-17-7-5-4-6-8-17/h4-8,14H,9-13H2,1-3H3,(H,23,29). The second-order valence-corrected chi connectivity index (χ2v) is 7.63. The third-order valence-corrected chi connectivity index (χ3v) is 5.63. The van der Waals surface area contributed by atoms with E-state index in [0.29, 0.717) is 38.4 Å². The Hall–Kier alpha value is -3.42. The average molecular weight is 406 g/mol. The van der Waals surface area contributed by atoms with Gasteiger partial charge >= 0.3 is 0 Å². The van der Waals surface area contributed by atoms with E-state index < -0.39 is 0 Å². The smallest absolute Gasteiger partial charge is 0.290 e. The average Bonchev–Trinajstić information content (AvgIpc) is 3.28. The van der Waals surface area contributed by atoms with Crippen LogP contribution in [0.5, 0.6) is 0 Å². The van der Waals surface area contributed by atoms with Crippen molar-refractivity contribution in [3.8, 4) is 0 Å². The first-order chi connectivity index (χ1) is 14.4. The summed E-state index contributed by atoms with van der Waals surface area (Å²) < 4.78 is 3.62. The first-order valence-corrected chi connectivity index (χ1v) is 10.1. The van der Waals surface area contributed by atoms with Gasteiger partial charge in [0, 0.05) is 45.1 Å². The number of hydrogen-bond acceptors (Lipinski definition) is 4. The van der Waals surface area contributed by atoms with Crippen LogP contribution in [0.2, 0.25) is 0 Å². The van der Waals surface area contributed by atoms with Crippen LogP contribution in [0.15, 0.2) is 36.5 Å². The Bertz CT molecular complexity index is 1080. The van der Waals surface area contributed by atoms with Gasteiger partial charge in [0.2, 0.25) is 0 Å². The van der Waals surface area contributed by atoms with Crippen LogP contribution in [-0.2, 0) is 26.6 Å². The molecular formula is C22H26N6O2. The fourth-order valence-corrected chi connectivity index (χ4v) is 3.86. The lowest BCUT2D eigenvalue weighted by molar-refractivity contribution is 0.0683. The maximum atomic E-state index is 12.8. The van der Waals surface area contributed by atoms with Crippen molar-refractivity contribution in [3.05, 3.63) is 70.6 Å². The molecule has 1 N–H and O–H groups in total. The van der Waals surface area contributed by atoms with E-state index in [1.54, 1.807) is 15.7 Å². The highest BCUT2D eigenvalue weighted by atomic mass is 16.2. The SMILES string of the molecule is Cc1nn(C)c(C)c1CCNC(=O)c1cn2c(n1)C(=O)N(Cc1ccccc1)CC2. The van der Waals surface area contributed by atoms with Crippen molar-refractivity contribution < 1.29 is 9.59 Å². The van der Waals surface area contributed by atoms with Crippen molar-refractivity contribution in [1.82, 2.24) is 29.5 Å². The van der Waals surface area contributed by atoms with Crippen molar-refractivity contribution in [1.29, 1.82) is 0 Å². The van der Waals surface area contributed by atoms with E-state index in [1.807, 2.05) is 55.9 Å². The van der Waals surface area contributed by atoms with Gasteiger partial charge in [0.25, 0.3) is 11.8 Å². The highest BCUT2D eigenvalue weighted by Gasteiger charge is 2.28. The van der Waals surface area contributed by atoms with Gasteiger partial charge in [-0.25, -0.2) is 4.98 Å². The van der Waals surface area contributed by atoms with E-state index in [0.717, 1.165) is 22.5 Å². The summed E-state index contributed by atoms with van der Waals surface area (Å²) in [5, 5.41) is 7.31. The number of aryl methyl sites for hydroxylation is 2. The number of carbonyl (C=O) groups is 2. The molecule has 2 aromatic heterocycles. The van der Waals surface area contributed by atoms with Gasteiger partial charge in [-0.3, -0.25) is 14.3 Å². The zero-order valence-electron chi connectivity index (χ0n) is 17.6. The second kappa shape index (κ2) is 8.14. The third kappa shape index (κ3) is 3.85. The van der Waals surface area contributed by atoms with Crippen LogP contribution in [-0.4, -0.2) is 49.1 Å². The first kappa shape index (κ1) is 19.9. The molecule has 0 radical (unpaired) electrons. The number of hydrogen-bond donors (Lipinski definition) is 1. The molecule has 4 rings (SSSR count). The lowest BCUT2D eigenvalue weighted by atomic mass is 10.1. The molecule has 0 saturated heterocycles. The lowest BCUT2D eigenvalue weighted by Crippen LogP contribution is -2.39. The van der Waals surface area contributed by atoms with E-state index in [4.69, 9.17) is 0 Å². The minimum atomic E-state index is -0.265. The summed E-state index contributed by atoms with van der Waals surface area (Å²) >= 11 is 0. The molecule has 0 spiro atoms. The first-order valence-electron chi connectivity index (χ1n) is 10.1. The van der Waals surface area contributed by atoms with Crippen molar-refractivity contribution in [3.63, 3.8) is 0 Å². The van der Waals surface area contributed by atoms with Crippen LogP contribution in [0.3, 0.4) is 0 Å². The monoisotopic (exact) mass is 406 g/mol. The quantitative estimate of drug-likeness (QED) is 0.677. The molecule has 0 saturated carbocycles. The number of rotatable bonds is 6. The Morgan fingerprint density at radius 3 is 2.63 bits per heavy atom. The zero-order valence-corrected chi connectivity index (χ0v) is 17.6. The number of benzene rings is 1. The molecule has 0 fully saturated rings. The van der Waals surface area contributed by atoms with Crippen LogP contribution >= 0.6 is 0 Å². The second-order valence-electron chi connectivity index (χ2n) is 7.63. The van der Waals surface area contributed by atoms with Crippen LogP contribution < -0.4 is 5.32 Å². The summed E-state index contributed by atoms with van der Waals surface area (Å²) in [6.45, 7) is 6.24. The molecule has 156 valence electrons. The van der Waals surface area contributed by atoms with Gasteiger partial charge < -0.3 is 14.8 Å². The molecule has 0 bridgehead atoms. The molecule has 1 aromatic carbocycles. The van der Waals surface area contributed by atoms with Gasteiger partial charge in [-0.15, -0.1) is 0 Å². The van der Waals surface area contributed by atoms with E-state index >= 15 is 0 Å². The largest absolute Gasteiger partial charge is 0.350 e. The molecule has 8 nitrogen and oxygen atoms in total. The Labute approximate surface area is 175 Å². The molecule has 2 amide bonds. The minimum absolute atomic E-state index is 0.147. The number of fused-ring (bicyclic) bond motifs is 1. The predicted octanol–water partition coefficient (Wildman–Crippen LogP) is 1.86. The van der Waals surface area contributed by atoms with E-state index in [2.05, 4.69) is 15.4 Å². The summed E-state index contributed by atoms with van der Waals surface area (Å²) in [6, 6.07) is 9.87. The van der Waals surface area contributed by atoms with E-state index in [9.17, 15) is 9.59 Å². The highest BCUT2D eigenvalue weighted by molar-refractivity contribution is 5.96. The minimum Gasteiger partial charge on any atom is -0.350 e. The zero-order chi connectivity index (χ0) is 21.3. The molecule has 8 heteroatoms. The third-order valence-electron chi connectivity index (χ3n) is 5.63. The Morgan fingerprint density at radius 2 is 1.93 bits per heavy atom. The molecule has 0 atom stereocenters. The molecule has 3 aromatic rings. The number of nitrogens with one attached hydrogen (secondary N) is 1. The number of nitrogens with zero attached hydrogens (tertiary/aromatic N) is 5. The van der Waals surface area contributed by atoms with Gasteiger partial charge in [0.05, 0.1) is 5.69 Å². The normalized spacial score (nSPS) is 13.4. The molecule has 0 unspecified atom stereocenters. The summed E-state index contributed by atoms with van der Waals surface area (Å²) in [4.78, 5) is 31.5. The topological polar surface area (TPSA) is 85.0 Å². The molecule has 1 aliphatic rings. The molecule has 30 heavy (non-hydrogen) atoms. The predicted molar refractivity (Wildman–Crippen MR) is 112 cm³/mol. The van der Waals surface area contributed by atoms with Gasteiger partial charge in [-0.2, -0.15) is 5.10 Å². The van der Waals surface area contributed by atoms with Crippen LogP contribution in [0, 0.1) is 13.8 Å². The fourth-order valence-electron chi connectivity index (χ4n) is 3.86. The van der Waals surface area contributed by atoms with Crippen LogP contribution in [0.1, 0.15) is 43.6 Å². The Kier molecular flexibility index (Phi) is 5.39. The number of imidazole rings is 1. The maximum Gasteiger partial charge on any atom is 0.290 e. The van der Waals surface area contributed by atoms with Crippen molar-refractivity contribution in [2.24, 2.45) is 7.05 Å². The van der Waals surface area contributed by atoms with Gasteiger partial charge in [0.15, 0.2) is 5.82 Å². The summed E-state index contributed by atoms with van der Waals surface area (Å²) in [5.41, 5.74) is 4.58. The van der Waals surface area contributed by atoms with Gasteiger partial charge in [-0.05, 0) is 31.4 Å². The molecule has 1 aliphatic heterocycles. The lowest BCUT2D eigenvalue weighted by Gasteiger charge is -2.27. The number of amides is 2. The Balaban J connectivity index is 1.39. The number of carbonyl (C=O) groups excluding carboxylic acids is 2. The van der Waals surface area contributed by atoms with Gasteiger partial charge in [-0.1, -0.05) is 30.3 Å². The maximum absolute atomic E-state index is 12.8. The van der Waals surface area contributed by atoms with Crippen molar-refractivity contribution >= 4 is 11.8 Å². The van der Waals surface area contributed by atoms with E-state index in [1.165, 1.54) is 0 Å². The summed E-state index contributed by atoms with van der Waals surface area (Å²) in [6.07, 6.45) is 2.37. The summed E-state index contributed by atoms with van der Waals surface area (Å²) in [7, 11) is 1.91. The van der Waals surface area contributed by atoms with Gasteiger partial charge in [0.1, 0.15) is 5.69 Å². The van der Waals surface area contributed by atoms with E-state index in [-0.39, 0.29) is 17.5 Å². The number of aromatic nitrogens is 4. The summed E-state index contributed by atoms with van der Waals surface area (Å²) in [5.74, 6) is -0.0921. The fraction of sp³-hybridized carbons (Fsp3) is 0.364. The molecular weight excluding hydrogens is 380 g/mol. The molecule has 0 aliphatic carbocycles.